The maximum Gasteiger partial charge on any atom is 0.255 e. The third kappa shape index (κ3) is 5.55. The van der Waals surface area contributed by atoms with Crippen LogP contribution in [-0.4, -0.2) is 43.5 Å². The molecule has 0 saturated carbocycles. The molecule has 1 aliphatic rings. The van der Waals surface area contributed by atoms with Crippen LogP contribution in [0.15, 0.2) is 36.4 Å². The van der Waals surface area contributed by atoms with E-state index in [1.807, 2.05) is 4.90 Å². The van der Waals surface area contributed by atoms with Gasteiger partial charge in [-0.15, -0.1) is 0 Å². The van der Waals surface area contributed by atoms with E-state index in [-0.39, 0.29) is 18.4 Å². The maximum absolute atomic E-state index is 12.9. The summed E-state index contributed by atoms with van der Waals surface area (Å²) in [6.45, 7) is 1.45. The molecule has 0 aromatic heterocycles. The van der Waals surface area contributed by atoms with E-state index in [4.69, 9.17) is 27.9 Å². The number of amides is 2. The molecule has 0 radical (unpaired) electrons. The number of piperidine rings is 1. The number of halogens is 2. The van der Waals surface area contributed by atoms with E-state index < -0.39 is 0 Å². The average Bonchev–Trinajstić information content (AvgIpc) is 2.73. The van der Waals surface area contributed by atoms with E-state index in [2.05, 4.69) is 10.6 Å². The van der Waals surface area contributed by atoms with Crippen LogP contribution in [0.3, 0.4) is 0 Å². The normalized spacial score (nSPS) is 13.7. The van der Waals surface area contributed by atoms with Crippen LogP contribution in [-0.2, 0) is 4.79 Å². The Kier molecular flexibility index (Phi) is 7.23. The number of nitrogens with zero attached hydrogens (tertiary/aromatic N) is 1. The fourth-order valence-corrected chi connectivity index (χ4v) is 3.61. The Morgan fingerprint density at radius 3 is 2.34 bits per heavy atom. The number of hydrogen-bond acceptors (Lipinski definition) is 4. The fraction of sp³-hybridized carbons (Fsp3) is 0.333. The van der Waals surface area contributed by atoms with E-state index in [9.17, 15) is 9.59 Å². The van der Waals surface area contributed by atoms with Gasteiger partial charge in [-0.1, -0.05) is 23.2 Å². The van der Waals surface area contributed by atoms with E-state index in [1.54, 1.807) is 36.4 Å². The summed E-state index contributed by atoms with van der Waals surface area (Å²) in [7, 11) is 1.52. The summed E-state index contributed by atoms with van der Waals surface area (Å²) in [5, 5.41) is 6.76. The van der Waals surface area contributed by atoms with E-state index in [1.165, 1.54) is 7.11 Å². The fourth-order valence-electron chi connectivity index (χ4n) is 3.26. The predicted molar refractivity (Wildman–Crippen MR) is 116 cm³/mol. The smallest absolute Gasteiger partial charge is 0.255 e. The average molecular weight is 436 g/mol. The molecule has 3 rings (SSSR count). The van der Waals surface area contributed by atoms with Crippen molar-refractivity contribution in [2.24, 2.45) is 0 Å². The van der Waals surface area contributed by atoms with Gasteiger partial charge in [-0.2, -0.15) is 0 Å². The standard InChI is InChI=1S/C21H23Cl2N3O3/c1-29-19-8-6-15(23)12-18(19)25-20(27)13-24-17-11-14(22)5-7-16(17)21(28)26-9-3-2-4-10-26/h5-8,11-12,24H,2-4,9-10,13H2,1H3,(H,25,27). The van der Waals surface area contributed by atoms with Crippen LogP contribution >= 0.6 is 23.2 Å². The first-order chi connectivity index (χ1) is 14.0. The Hall–Kier alpha value is -2.44. The van der Waals surface area contributed by atoms with Crippen molar-refractivity contribution in [3.8, 4) is 5.75 Å². The largest absolute Gasteiger partial charge is 0.495 e. The van der Waals surface area contributed by atoms with Crippen molar-refractivity contribution < 1.29 is 14.3 Å². The highest BCUT2D eigenvalue weighted by molar-refractivity contribution is 6.31. The zero-order chi connectivity index (χ0) is 20.8. The third-order valence-electron chi connectivity index (χ3n) is 4.73. The number of rotatable bonds is 6. The lowest BCUT2D eigenvalue weighted by atomic mass is 10.1. The number of carbonyl (C=O) groups excluding carboxylic acids is 2. The second kappa shape index (κ2) is 9.85. The van der Waals surface area contributed by atoms with Crippen LogP contribution in [0.1, 0.15) is 29.6 Å². The lowest BCUT2D eigenvalue weighted by Crippen LogP contribution is -2.36. The zero-order valence-corrected chi connectivity index (χ0v) is 17.6. The lowest BCUT2D eigenvalue weighted by Gasteiger charge is -2.27. The summed E-state index contributed by atoms with van der Waals surface area (Å²) < 4.78 is 5.24. The molecule has 0 spiro atoms. The van der Waals surface area contributed by atoms with Crippen LogP contribution in [0.25, 0.3) is 0 Å². The van der Waals surface area contributed by atoms with Crippen molar-refractivity contribution in [1.29, 1.82) is 0 Å². The number of methoxy groups -OCH3 is 1. The number of carbonyl (C=O) groups is 2. The summed E-state index contributed by atoms with van der Waals surface area (Å²) in [4.78, 5) is 27.2. The van der Waals surface area contributed by atoms with Gasteiger partial charge < -0.3 is 20.3 Å². The van der Waals surface area contributed by atoms with Crippen molar-refractivity contribution in [3.63, 3.8) is 0 Å². The molecule has 1 fully saturated rings. The Morgan fingerprint density at radius 1 is 1.00 bits per heavy atom. The van der Waals surface area contributed by atoms with Gasteiger partial charge in [0.05, 0.1) is 24.9 Å². The molecule has 29 heavy (non-hydrogen) atoms. The van der Waals surface area contributed by atoms with Crippen molar-refractivity contribution >= 4 is 46.4 Å². The van der Waals surface area contributed by atoms with E-state index in [0.717, 1.165) is 32.4 Å². The molecule has 0 bridgehead atoms. The van der Waals surface area contributed by atoms with Gasteiger partial charge in [0.15, 0.2) is 0 Å². The Morgan fingerprint density at radius 2 is 1.66 bits per heavy atom. The zero-order valence-electron chi connectivity index (χ0n) is 16.1. The molecule has 2 N–H and O–H groups in total. The summed E-state index contributed by atoms with van der Waals surface area (Å²) in [5.41, 5.74) is 1.51. The second-order valence-electron chi connectivity index (χ2n) is 6.79. The minimum atomic E-state index is -0.304. The first kappa shape index (κ1) is 21.3. The molecular weight excluding hydrogens is 413 g/mol. The topological polar surface area (TPSA) is 70.7 Å². The Balaban J connectivity index is 1.70. The van der Waals surface area contributed by atoms with Crippen LogP contribution in [0, 0.1) is 0 Å². The number of nitrogens with one attached hydrogen (secondary N) is 2. The molecule has 0 aliphatic carbocycles. The highest BCUT2D eigenvalue weighted by atomic mass is 35.5. The summed E-state index contributed by atoms with van der Waals surface area (Å²) >= 11 is 12.1. The van der Waals surface area contributed by atoms with Gasteiger partial charge in [0.1, 0.15) is 5.75 Å². The molecule has 2 amide bonds. The van der Waals surface area contributed by atoms with Gasteiger partial charge in [0.25, 0.3) is 5.91 Å². The summed E-state index contributed by atoms with van der Waals surface area (Å²) in [6, 6.07) is 10.0. The van der Waals surface area contributed by atoms with Gasteiger partial charge >= 0.3 is 0 Å². The molecule has 154 valence electrons. The van der Waals surface area contributed by atoms with Gasteiger partial charge in [-0.3, -0.25) is 9.59 Å². The highest BCUT2D eigenvalue weighted by Crippen LogP contribution is 2.28. The maximum atomic E-state index is 12.9. The monoisotopic (exact) mass is 435 g/mol. The van der Waals surface area contributed by atoms with E-state index >= 15 is 0 Å². The quantitative estimate of drug-likeness (QED) is 0.690. The number of benzene rings is 2. The van der Waals surface area contributed by atoms with Crippen LogP contribution in [0.5, 0.6) is 5.75 Å². The summed E-state index contributed by atoms with van der Waals surface area (Å²) in [6.07, 6.45) is 3.15. The van der Waals surface area contributed by atoms with Crippen LogP contribution in [0.2, 0.25) is 10.0 Å². The van der Waals surface area contributed by atoms with Crippen molar-refractivity contribution in [2.75, 3.05) is 37.4 Å². The first-order valence-corrected chi connectivity index (χ1v) is 10.2. The van der Waals surface area contributed by atoms with Gasteiger partial charge in [0, 0.05) is 28.8 Å². The number of likely N-dealkylation sites (tertiary alicyclic amines) is 1. The number of anilines is 2. The molecule has 1 aliphatic heterocycles. The third-order valence-corrected chi connectivity index (χ3v) is 5.20. The molecule has 2 aromatic carbocycles. The molecule has 2 aromatic rings. The van der Waals surface area contributed by atoms with Gasteiger partial charge in [-0.25, -0.2) is 0 Å². The van der Waals surface area contributed by atoms with Crippen molar-refractivity contribution in [2.45, 2.75) is 19.3 Å². The molecule has 6 nitrogen and oxygen atoms in total. The van der Waals surface area contributed by atoms with Gasteiger partial charge in [0.2, 0.25) is 5.91 Å². The van der Waals surface area contributed by atoms with Crippen molar-refractivity contribution in [1.82, 2.24) is 4.90 Å². The number of hydrogen-bond donors (Lipinski definition) is 2. The Bertz CT molecular complexity index is 899. The highest BCUT2D eigenvalue weighted by Gasteiger charge is 2.21. The lowest BCUT2D eigenvalue weighted by molar-refractivity contribution is -0.114. The SMILES string of the molecule is COc1ccc(Cl)cc1NC(=O)CNc1cc(Cl)ccc1C(=O)N1CCCCC1. The second-order valence-corrected chi connectivity index (χ2v) is 7.66. The predicted octanol–water partition coefficient (Wildman–Crippen LogP) is 4.68. The van der Waals surface area contributed by atoms with Crippen LogP contribution in [0.4, 0.5) is 11.4 Å². The minimum absolute atomic E-state index is 0.0453. The molecule has 0 unspecified atom stereocenters. The first-order valence-electron chi connectivity index (χ1n) is 9.44. The molecule has 0 atom stereocenters. The number of ether oxygens (including phenoxy) is 1. The van der Waals surface area contributed by atoms with Crippen molar-refractivity contribution in [3.05, 3.63) is 52.0 Å². The Labute approximate surface area is 180 Å². The van der Waals surface area contributed by atoms with Gasteiger partial charge in [-0.05, 0) is 55.7 Å². The molecule has 8 heteroatoms. The molecular formula is C21H23Cl2N3O3. The van der Waals surface area contributed by atoms with E-state index in [0.29, 0.717) is 32.7 Å². The summed E-state index contributed by atoms with van der Waals surface area (Å²) in [5.74, 6) is 0.147. The molecule has 1 saturated heterocycles. The molecule has 1 heterocycles. The minimum Gasteiger partial charge on any atom is -0.495 e. The van der Waals surface area contributed by atoms with Crippen LogP contribution < -0.4 is 15.4 Å².